The maximum absolute atomic E-state index is 11.0. The van der Waals surface area contributed by atoms with Gasteiger partial charge in [-0.15, -0.1) is 0 Å². The number of rotatable bonds is 6. The number of unbranched alkanes of at least 4 members (excludes halogenated alkanes) is 1. The molecule has 3 heteroatoms. The number of carbonyl (C=O) groups is 1. The number of ether oxygens (including phenoxy) is 1. The predicted octanol–water partition coefficient (Wildman–Crippen LogP) is 1.88. The average Bonchev–Trinajstić information content (AvgIpc) is 2.00. The van der Waals surface area contributed by atoms with Crippen molar-refractivity contribution in [1.29, 1.82) is 0 Å². The smallest absolute Gasteiger partial charge is 0.308 e. The van der Waals surface area contributed by atoms with Gasteiger partial charge in [0.25, 0.3) is 0 Å². The molecule has 0 radical (unpaired) electrons. The normalized spacial score (nSPS) is 15.1. The number of aliphatic hydroxyl groups is 1. The molecule has 0 aliphatic heterocycles. The Kier molecular flexibility index (Phi) is 5.71. The zero-order valence-corrected chi connectivity index (χ0v) is 8.80. The highest BCUT2D eigenvalue weighted by Crippen LogP contribution is 2.18. The van der Waals surface area contributed by atoms with E-state index in [4.69, 9.17) is 4.74 Å². The van der Waals surface area contributed by atoms with Crippen molar-refractivity contribution in [3.05, 3.63) is 0 Å². The van der Waals surface area contributed by atoms with Crippen molar-refractivity contribution >= 4 is 5.97 Å². The fourth-order valence-electron chi connectivity index (χ4n) is 1.17. The second-order valence-corrected chi connectivity index (χ2v) is 3.58. The lowest BCUT2D eigenvalue weighted by Crippen LogP contribution is -2.28. The van der Waals surface area contributed by atoms with Gasteiger partial charge in [-0.3, -0.25) is 4.79 Å². The van der Waals surface area contributed by atoms with Crippen LogP contribution in [0.3, 0.4) is 0 Å². The maximum Gasteiger partial charge on any atom is 0.308 e. The van der Waals surface area contributed by atoms with E-state index in [9.17, 15) is 9.90 Å². The number of esters is 1. The average molecular weight is 188 g/mol. The van der Waals surface area contributed by atoms with Crippen LogP contribution in [0.2, 0.25) is 0 Å². The molecule has 0 aromatic carbocycles. The van der Waals surface area contributed by atoms with Gasteiger partial charge in [0.15, 0.2) is 0 Å². The highest BCUT2D eigenvalue weighted by atomic mass is 16.5. The lowest BCUT2D eigenvalue weighted by atomic mass is 9.95. The first-order valence-electron chi connectivity index (χ1n) is 4.90. The minimum Gasteiger partial charge on any atom is -0.466 e. The minimum absolute atomic E-state index is 0.0981. The topological polar surface area (TPSA) is 46.5 Å². The van der Waals surface area contributed by atoms with Crippen LogP contribution in [0.25, 0.3) is 0 Å². The van der Waals surface area contributed by atoms with E-state index in [-0.39, 0.29) is 12.4 Å². The summed E-state index contributed by atoms with van der Waals surface area (Å²) in [5, 5.41) is 9.74. The van der Waals surface area contributed by atoms with Crippen LogP contribution in [0.5, 0.6) is 0 Å². The molecule has 78 valence electrons. The zero-order chi connectivity index (χ0) is 10.3. The molecule has 1 N–H and O–H groups in total. The van der Waals surface area contributed by atoms with Crippen LogP contribution >= 0.6 is 0 Å². The molecule has 1 unspecified atom stereocenters. The fourth-order valence-corrected chi connectivity index (χ4v) is 1.17. The van der Waals surface area contributed by atoms with E-state index in [1.165, 1.54) is 0 Å². The van der Waals surface area contributed by atoms with Gasteiger partial charge in [-0.2, -0.15) is 0 Å². The van der Waals surface area contributed by atoms with Crippen LogP contribution in [-0.4, -0.2) is 23.3 Å². The van der Waals surface area contributed by atoms with Gasteiger partial charge in [-0.1, -0.05) is 19.8 Å². The second-order valence-electron chi connectivity index (χ2n) is 3.58. The molecule has 0 amide bonds. The van der Waals surface area contributed by atoms with Crippen molar-refractivity contribution in [2.45, 2.75) is 52.1 Å². The highest BCUT2D eigenvalue weighted by molar-refractivity contribution is 5.70. The third-order valence-corrected chi connectivity index (χ3v) is 1.90. The molecule has 0 spiro atoms. The van der Waals surface area contributed by atoms with E-state index in [2.05, 4.69) is 6.92 Å². The summed E-state index contributed by atoms with van der Waals surface area (Å²) in [6.07, 6.45) is 2.72. The lowest BCUT2D eigenvalue weighted by Gasteiger charge is -2.21. The Morgan fingerprint density at radius 3 is 2.54 bits per heavy atom. The van der Waals surface area contributed by atoms with Crippen LogP contribution in [-0.2, 0) is 9.53 Å². The predicted molar refractivity (Wildman–Crippen MR) is 51.4 cm³/mol. The van der Waals surface area contributed by atoms with E-state index in [1.54, 1.807) is 13.8 Å². The first kappa shape index (κ1) is 12.4. The summed E-state index contributed by atoms with van der Waals surface area (Å²) < 4.78 is 4.76. The van der Waals surface area contributed by atoms with Crippen molar-refractivity contribution in [3.8, 4) is 0 Å². The van der Waals surface area contributed by atoms with E-state index in [0.717, 1.165) is 12.8 Å². The Labute approximate surface area is 80.1 Å². The lowest BCUT2D eigenvalue weighted by molar-refractivity contribution is -0.148. The standard InChI is InChI=1S/C10H20O3/c1-4-6-7-10(3,12)8-9(11)13-5-2/h12H,4-8H2,1-3H3. The SMILES string of the molecule is CCCCC(C)(O)CC(=O)OCC. The molecule has 0 fully saturated rings. The Morgan fingerprint density at radius 1 is 1.46 bits per heavy atom. The molecular formula is C10H20O3. The van der Waals surface area contributed by atoms with Gasteiger partial charge in [0.05, 0.1) is 18.6 Å². The summed E-state index contributed by atoms with van der Waals surface area (Å²) in [4.78, 5) is 11.0. The first-order chi connectivity index (χ1) is 6.02. The summed E-state index contributed by atoms with van der Waals surface area (Å²) in [5.74, 6) is -0.316. The zero-order valence-electron chi connectivity index (χ0n) is 8.80. The maximum atomic E-state index is 11.0. The van der Waals surface area contributed by atoms with Gasteiger partial charge in [-0.25, -0.2) is 0 Å². The molecule has 3 nitrogen and oxygen atoms in total. The van der Waals surface area contributed by atoms with Crippen LogP contribution in [0.4, 0.5) is 0 Å². The molecule has 0 aromatic heterocycles. The van der Waals surface area contributed by atoms with E-state index in [1.807, 2.05) is 0 Å². The third kappa shape index (κ3) is 6.58. The molecule has 0 aromatic rings. The summed E-state index contributed by atoms with van der Waals surface area (Å²) in [6.45, 7) is 5.88. The first-order valence-corrected chi connectivity index (χ1v) is 4.90. The Hall–Kier alpha value is -0.570. The van der Waals surface area contributed by atoms with Gasteiger partial charge < -0.3 is 9.84 Å². The van der Waals surface area contributed by atoms with Crippen molar-refractivity contribution in [1.82, 2.24) is 0 Å². The quantitative estimate of drug-likeness (QED) is 0.647. The summed E-state index contributed by atoms with van der Waals surface area (Å²) >= 11 is 0. The molecule has 0 rings (SSSR count). The molecular weight excluding hydrogens is 168 g/mol. The van der Waals surface area contributed by atoms with E-state index >= 15 is 0 Å². The Morgan fingerprint density at radius 2 is 2.08 bits per heavy atom. The van der Waals surface area contributed by atoms with Crippen molar-refractivity contribution < 1.29 is 14.6 Å². The van der Waals surface area contributed by atoms with Crippen molar-refractivity contribution in [2.75, 3.05) is 6.61 Å². The Balaban J connectivity index is 3.79. The highest BCUT2D eigenvalue weighted by Gasteiger charge is 2.24. The van der Waals surface area contributed by atoms with E-state index < -0.39 is 5.60 Å². The number of hydrogen-bond acceptors (Lipinski definition) is 3. The molecule has 13 heavy (non-hydrogen) atoms. The number of hydrogen-bond donors (Lipinski definition) is 1. The van der Waals surface area contributed by atoms with Gasteiger partial charge in [0.1, 0.15) is 0 Å². The molecule has 0 aliphatic rings. The van der Waals surface area contributed by atoms with Crippen LogP contribution in [0, 0.1) is 0 Å². The molecule has 0 saturated carbocycles. The second kappa shape index (κ2) is 5.97. The minimum atomic E-state index is -0.901. The molecule has 0 aliphatic carbocycles. The molecule has 0 saturated heterocycles. The van der Waals surface area contributed by atoms with Crippen molar-refractivity contribution in [3.63, 3.8) is 0 Å². The molecule has 0 bridgehead atoms. The van der Waals surface area contributed by atoms with Crippen LogP contribution in [0.1, 0.15) is 46.5 Å². The molecule has 1 atom stereocenters. The summed E-state index contributed by atoms with van der Waals surface area (Å²) in [6, 6.07) is 0. The Bertz CT molecular complexity index is 152. The summed E-state index contributed by atoms with van der Waals surface area (Å²) in [7, 11) is 0. The van der Waals surface area contributed by atoms with Gasteiger partial charge >= 0.3 is 5.97 Å². The van der Waals surface area contributed by atoms with Crippen LogP contribution in [0.15, 0.2) is 0 Å². The summed E-state index contributed by atoms with van der Waals surface area (Å²) in [5.41, 5.74) is -0.901. The van der Waals surface area contributed by atoms with Gasteiger partial charge in [0, 0.05) is 0 Å². The van der Waals surface area contributed by atoms with E-state index in [0.29, 0.717) is 13.0 Å². The number of carbonyl (C=O) groups excluding carboxylic acids is 1. The third-order valence-electron chi connectivity index (χ3n) is 1.90. The van der Waals surface area contributed by atoms with Gasteiger partial charge in [0.2, 0.25) is 0 Å². The molecule has 0 heterocycles. The largest absolute Gasteiger partial charge is 0.466 e. The van der Waals surface area contributed by atoms with Crippen molar-refractivity contribution in [2.24, 2.45) is 0 Å². The van der Waals surface area contributed by atoms with Gasteiger partial charge in [-0.05, 0) is 20.3 Å². The monoisotopic (exact) mass is 188 g/mol. The fraction of sp³-hybridized carbons (Fsp3) is 0.900. The van der Waals surface area contributed by atoms with Crippen LogP contribution < -0.4 is 0 Å².